The summed E-state index contributed by atoms with van der Waals surface area (Å²) in [5, 5.41) is 9.67. The number of halogens is 1. The minimum Gasteiger partial charge on any atom is -0.492 e. The Labute approximate surface area is 201 Å². The van der Waals surface area contributed by atoms with Crippen LogP contribution < -0.4 is 4.74 Å². The van der Waals surface area contributed by atoms with Gasteiger partial charge in [-0.25, -0.2) is 4.39 Å². The van der Waals surface area contributed by atoms with Gasteiger partial charge in [0.05, 0.1) is 12.2 Å². The second-order valence-corrected chi connectivity index (χ2v) is 10.0. The molecule has 1 aromatic carbocycles. The summed E-state index contributed by atoms with van der Waals surface area (Å²) in [6.07, 6.45) is 5.71. The Morgan fingerprint density at radius 1 is 1.15 bits per heavy atom. The number of pyridine rings is 1. The monoisotopic (exact) mass is 464 g/mol. The maximum Gasteiger partial charge on any atom is 0.272 e. The number of amides is 1. The number of aromatic nitrogens is 1. The van der Waals surface area contributed by atoms with Crippen LogP contribution in [0.3, 0.4) is 0 Å². The number of piperidine rings is 1. The number of ether oxygens (including phenoxy) is 1. The molecule has 6 nitrogen and oxygen atoms in total. The molecule has 2 aliphatic heterocycles. The molecule has 0 unspecified atom stereocenters. The number of carbonyl (C=O) groups excluding carboxylic acids is 1. The van der Waals surface area contributed by atoms with Crippen LogP contribution in [-0.4, -0.2) is 65.7 Å². The third-order valence-electron chi connectivity index (χ3n) is 6.59. The van der Waals surface area contributed by atoms with Crippen LogP contribution in [0.25, 0.3) is 11.1 Å². The van der Waals surface area contributed by atoms with Gasteiger partial charge in [0.25, 0.3) is 5.91 Å². The highest BCUT2D eigenvalue weighted by Gasteiger charge is 2.26. The lowest BCUT2D eigenvalue weighted by Crippen LogP contribution is -2.41. The molecule has 0 saturated carbocycles. The summed E-state index contributed by atoms with van der Waals surface area (Å²) in [6, 6.07) is 11.4. The number of alkyl halides is 1. The van der Waals surface area contributed by atoms with E-state index in [9.17, 15) is 14.4 Å². The molecule has 180 valence electrons. The van der Waals surface area contributed by atoms with Gasteiger partial charge in [0.2, 0.25) is 0 Å². The van der Waals surface area contributed by atoms with Gasteiger partial charge in [-0.2, -0.15) is 5.26 Å². The molecule has 0 aliphatic carbocycles. The normalized spacial score (nSPS) is 17.5. The van der Waals surface area contributed by atoms with E-state index in [0.29, 0.717) is 36.1 Å². The number of likely N-dealkylation sites (tertiary alicyclic amines) is 2. The van der Waals surface area contributed by atoms with E-state index in [1.807, 2.05) is 23.1 Å². The fraction of sp³-hybridized carbons (Fsp3) is 0.519. The zero-order valence-electron chi connectivity index (χ0n) is 20.1. The van der Waals surface area contributed by atoms with Crippen LogP contribution in [0.15, 0.2) is 36.5 Å². The Balaban J connectivity index is 1.35. The molecule has 2 fully saturated rings. The van der Waals surface area contributed by atoms with Gasteiger partial charge < -0.3 is 14.5 Å². The highest BCUT2D eigenvalue weighted by atomic mass is 19.1. The molecule has 34 heavy (non-hydrogen) atoms. The maximum absolute atomic E-state index is 13.9. The van der Waals surface area contributed by atoms with Crippen molar-refractivity contribution >= 4 is 5.91 Å². The SMILES string of the molecule is CC(C)(F)CN1CCC(COc2ccc(-c3ccc(C(=O)N4CCCC4)nc3)cc2C#N)CC1. The predicted octanol–water partition coefficient (Wildman–Crippen LogP) is 4.70. The first-order valence-electron chi connectivity index (χ1n) is 12.2. The summed E-state index contributed by atoms with van der Waals surface area (Å²) in [5.41, 5.74) is 1.47. The first-order chi connectivity index (χ1) is 16.3. The third kappa shape index (κ3) is 6.12. The summed E-state index contributed by atoms with van der Waals surface area (Å²) < 4.78 is 19.9. The van der Waals surface area contributed by atoms with E-state index < -0.39 is 5.67 Å². The smallest absolute Gasteiger partial charge is 0.272 e. The average molecular weight is 465 g/mol. The molecule has 0 bridgehead atoms. The standard InChI is InChI=1S/C27H33FN4O2/c1-27(2,28)19-31-13-9-20(10-14-31)18-34-25-8-6-21(15-23(25)16-29)22-5-7-24(30-17-22)26(33)32-11-3-4-12-32/h5-8,15,17,20H,3-4,9-14,18-19H2,1-2H3. The van der Waals surface area contributed by atoms with Crippen molar-refractivity contribution < 1.29 is 13.9 Å². The van der Waals surface area contributed by atoms with Crippen molar-refractivity contribution in [2.75, 3.05) is 39.3 Å². The van der Waals surface area contributed by atoms with E-state index in [-0.39, 0.29) is 5.91 Å². The Morgan fingerprint density at radius 2 is 1.85 bits per heavy atom. The molecule has 0 spiro atoms. The van der Waals surface area contributed by atoms with Gasteiger partial charge in [-0.05, 0) is 82.3 Å². The van der Waals surface area contributed by atoms with Crippen LogP contribution in [0.4, 0.5) is 4.39 Å². The topological polar surface area (TPSA) is 69.5 Å². The summed E-state index contributed by atoms with van der Waals surface area (Å²) in [5.74, 6) is 0.951. The lowest BCUT2D eigenvalue weighted by Gasteiger charge is -2.34. The molecule has 1 amide bonds. The highest BCUT2D eigenvalue weighted by molar-refractivity contribution is 5.92. The van der Waals surface area contributed by atoms with Crippen LogP contribution in [0.1, 0.15) is 55.6 Å². The summed E-state index contributed by atoms with van der Waals surface area (Å²) in [4.78, 5) is 20.9. The van der Waals surface area contributed by atoms with Crippen molar-refractivity contribution in [1.29, 1.82) is 5.26 Å². The maximum atomic E-state index is 13.9. The van der Waals surface area contributed by atoms with Gasteiger partial charge in [0, 0.05) is 31.4 Å². The minimum absolute atomic E-state index is 0.0234. The Kier molecular flexibility index (Phi) is 7.47. The molecule has 2 aromatic rings. The quantitative estimate of drug-likeness (QED) is 0.594. The van der Waals surface area contributed by atoms with Crippen LogP contribution in [-0.2, 0) is 0 Å². The van der Waals surface area contributed by atoms with Gasteiger partial charge in [-0.15, -0.1) is 0 Å². The third-order valence-corrected chi connectivity index (χ3v) is 6.59. The second-order valence-electron chi connectivity index (χ2n) is 10.0. The molecule has 0 N–H and O–H groups in total. The summed E-state index contributed by atoms with van der Waals surface area (Å²) >= 11 is 0. The first-order valence-corrected chi connectivity index (χ1v) is 12.2. The number of benzene rings is 1. The Morgan fingerprint density at radius 3 is 2.47 bits per heavy atom. The lowest BCUT2D eigenvalue weighted by atomic mass is 9.96. The molecule has 2 saturated heterocycles. The van der Waals surface area contributed by atoms with Crippen molar-refractivity contribution in [3.05, 3.63) is 47.8 Å². The largest absolute Gasteiger partial charge is 0.492 e. The van der Waals surface area contributed by atoms with Crippen molar-refractivity contribution in [2.24, 2.45) is 5.92 Å². The van der Waals surface area contributed by atoms with Gasteiger partial charge in [-0.1, -0.05) is 12.1 Å². The molecular formula is C27H33FN4O2. The van der Waals surface area contributed by atoms with E-state index >= 15 is 0 Å². The molecule has 0 radical (unpaired) electrons. The number of carbonyl (C=O) groups is 1. The first kappa shape index (κ1) is 24.2. The summed E-state index contributed by atoms with van der Waals surface area (Å²) in [7, 11) is 0. The number of rotatable bonds is 7. The lowest BCUT2D eigenvalue weighted by molar-refractivity contribution is 0.0786. The average Bonchev–Trinajstić information content (AvgIpc) is 3.37. The van der Waals surface area contributed by atoms with E-state index in [1.54, 1.807) is 32.2 Å². The van der Waals surface area contributed by atoms with Crippen LogP contribution in [0.5, 0.6) is 5.75 Å². The fourth-order valence-corrected chi connectivity index (χ4v) is 4.75. The van der Waals surface area contributed by atoms with Gasteiger partial charge in [0.1, 0.15) is 23.2 Å². The van der Waals surface area contributed by atoms with E-state index in [0.717, 1.165) is 63.0 Å². The van der Waals surface area contributed by atoms with Crippen molar-refractivity contribution in [2.45, 2.75) is 45.2 Å². The number of nitrogens with zero attached hydrogens (tertiary/aromatic N) is 4. The number of nitriles is 1. The predicted molar refractivity (Wildman–Crippen MR) is 129 cm³/mol. The molecule has 4 rings (SSSR count). The van der Waals surface area contributed by atoms with Gasteiger partial charge >= 0.3 is 0 Å². The Bertz CT molecular complexity index is 1030. The van der Waals surface area contributed by atoms with E-state index in [1.165, 1.54) is 0 Å². The second kappa shape index (κ2) is 10.5. The van der Waals surface area contributed by atoms with E-state index in [4.69, 9.17) is 4.74 Å². The zero-order chi connectivity index (χ0) is 24.1. The van der Waals surface area contributed by atoms with Crippen molar-refractivity contribution in [3.8, 4) is 22.9 Å². The Hall–Kier alpha value is -2.98. The zero-order valence-corrected chi connectivity index (χ0v) is 20.1. The fourth-order valence-electron chi connectivity index (χ4n) is 4.75. The summed E-state index contributed by atoms with van der Waals surface area (Å²) in [6.45, 7) is 7.58. The van der Waals surface area contributed by atoms with Crippen molar-refractivity contribution in [1.82, 2.24) is 14.8 Å². The van der Waals surface area contributed by atoms with Crippen LogP contribution in [0, 0.1) is 17.2 Å². The molecule has 2 aliphatic rings. The minimum atomic E-state index is -1.17. The number of hydrogen-bond donors (Lipinski definition) is 0. The molecule has 7 heteroatoms. The molecule has 1 aromatic heterocycles. The van der Waals surface area contributed by atoms with Gasteiger partial charge in [-0.3, -0.25) is 9.78 Å². The van der Waals surface area contributed by atoms with Crippen LogP contribution in [0.2, 0.25) is 0 Å². The van der Waals surface area contributed by atoms with Crippen molar-refractivity contribution in [3.63, 3.8) is 0 Å². The van der Waals surface area contributed by atoms with E-state index in [2.05, 4.69) is 16.0 Å². The molecular weight excluding hydrogens is 431 g/mol. The highest BCUT2D eigenvalue weighted by Crippen LogP contribution is 2.28. The van der Waals surface area contributed by atoms with Crippen LogP contribution >= 0.6 is 0 Å². The number of hydrogen-bond acceptors (Lipinski definition) is 5. The molecule has 0 atom stereocenters. The molecule has 3 heterocycles. The van der Waals surface area contributed by atoms with Gasteiger partial charge in [0.15, 0.2) is 0 Å².